The molecule has 16 heteroatoms. The molecule has 0 spiro atoms. The molecular formula is C25H19Cl4FN6O4S. The minimum Gasteiger partial charge on any atom is -0.486 e. The van der Waals surface area contributed by atoms with Crippen LogP contribution in [0.1, 0.15) is 11.3 Å². The average Bonchev–Trinajstić information content (AvgIpc) is 2.89. The molecule has 0 saturated heterocycles. The summed E-state index contributed by atoms with van der Waals surface area (Å²) in [6.07, 6.45) is 0. The van der Waals surface area contributed by atoms with Gasteiger partial charge in [-0.1, -0.05) is 58.5 Å². The first kappa shape index (κ1) is 30.4. The molecule has 0 saturated carbocycles. The third-order valence-electron chi connectivity index (χ3n) is 5.52. The van der Waals surface area contributed by atoms with Crippen LogP contribution < -0.4 is 26.8 Å². The maximum Gasteiger partial charge on any atom is 0.332 e. The van der Waals surface area contributed by atoms with Gasteiger partial charge in [0.2, 0.25) is 5.95 Å². The van der Waals surface area contributed by atoms with Gasteiger partial charge in [0.25, 0.3) is 0 Å². The van der Waals surface area contributed by atoms with Crippen LogP contribution >= 0.6 is 46.4 Å². The van der Waals surface area contributed by atoms with Gasteiger partial charge in [0, 0.05) is 12.1 Å². The summed E-state index contributed by atoms with van der Waals surface area (Å²) < 4.78 is 41.4. The first-order valence-corrected chi connectivity index (χ1v) is 14.3. The lowest BCUT2D eigenvalue weighted by Crippen LogP contribution is -2.28. The lowest BCUT2D eigenvalue weighted by molar-refractivity contribution is 0.251. The van der Waals surface area contributed by atoms with Crippen LogP contribution in [0.3, 0.4) is 0 Å². The maximum absolute atomic E-state index is 13.3. The Morgan fingerprint density at radius 3 is 2.32 bits per heavy atom. The second-order valence-electron chi connectivity index (χ2n) is 8.36. The van der Waals surface area contributed by atoms with E-state index in [1.54, 1.807) is 36.4 Å². The summed E-state index contributed by atoms with van der Waals surface area (Å²) in [7, 11) is -4.98. The number of ether oxygens (including phenoxy) is 1. The number of amides is 2. The summed E-state index contributed by atoms with van der Waals surface area (Å²) in [5.74, 6) is 0.390. The van der Waals surface area contributed by atoms with Gasteiger partial charge >= 0.3 is 16.3 Å². The van der Waals surface area contributed by atoms with E-state index in [9.17, 15) is 17.1 Å². The van der Waals surface area contributed by atoms with Crippen molar-refractivity contribution >= 4 is 80.1 Å². The Bertz CT molecular complexity index is 1760. The molecule has 0 unspecified atom stereocenters. The number of urea groups is 1. The number of aromatic nitrogens is 2. The number of nitrogens with one attached hydrogen (secondary N) is 2. The maximum atomic E-state index is 13.3. The molecule has 2 amide bonds. The molecule has 1 heterocycles. The van der Waals surface area contributed by atoms with E-state index < -0.39 is 21.1 Å². The van der Waals surface area contributed by atoms with E-state index >= 15 is 0 Å². The molecule has 0 fully saturated rings. The monoisotopic (exact) mass is 658 g/mol. The van der Waals surface area contributed by atoms with Crippen molar-refractivity contribution in [1.82, 2.24) is 15.3 Å². The van der Waals surface area contributed by atoms with Gasteiger partial charge in [0.05, 0.1) is 31.5 Å². The quantitative estimate of drug-likeness (QED) is 0.156. The third-order valence-corrected chi connectivity index (χ3v) is 7.70. The zero-order valence-corrected chi connectivity index (χ0v) is 24.4. The lowest BCUT2D eigenvalue weighted by Gasteiger charge is -2.15. The average molecular weight is 660 g/mol. The summed E-state index contributed by atoms with van der Waals surface area (Å²) in [5, 5.41) is 5.88. The van der Waals surface area contributed by atoms with Crippen molar-refractivity contribution in [3.05, 3.63) is 85.9 Å². The highest BCUT2D eigenvalue weighted by atomic mass is 35.5. The Balaban J connectivity index is 1.43. The molecule has 6 N–H and O–H groups in total. The van der Waals surface area contributed by atoms with E-state index in [2.05, 4.69) is 20.6 Å². The van der Waals surface area contributed by atoms with Crippen molar-refractivity contribution < 1.29 is 21.8 Å². The number of carbonyl (C=O) groups is 1. The minimum absolute atomic E-state index is 0.0200. The number of hydrogen-bond acceptors (Lipinski definition) is 8. The first-order valence-electron chi connectivity index (χ1n) is 11.4. The molecule has 4 rings (SSSR count). The van der Waals surface area contributed by atoms with Crippen LogP contribution in [-0.4, -0.2) is 24.4 Å². The number of nitrogen functional groups attached to an aromatic ring is 2. The smallest absolute Gasteiger partial charge is 0.332 e. The summed E-state index contributed by atoms with van der Waals surface area (Å²) in [4.78, 5) is 20.0. The molecule has 4 aromatic rings. The highest BCUT2D eigenvalue weighted by Crippen LogP contribution is 2.34. The number of hydrogen-bond donors (Lipinski definition) is 4. The van der Waals surface area contributed by atoms with Gasteiger partial charge in [0.1, 0.15) is 23.1 Å². The van der Waals surface area contributed by atoms with Crippen LogP contribution in [0, 0.1) is 0 Å². The lowest BCUT2D eigenvalue weighted by atomic mass is 10.0. The Hall–Kier alpha value is -3.55. The van der Waals surface area contributed by atoms with Gasteiger partial charge in [-0.05, 0) is 53.6 Å². The molecular weight excluding hydrogens is 641 g/mol. The number of halogens is 5. The van der Waals surface area contributed by atoms with Crippen LogP contribution in [0.5, 0.6) is 5.75 Å². The third kappa shape index (κ3) is 7.60. The van der Waals surface area contributed by atoms with Gasteiger partial charge in [0.15, 0.2) is 0 Å². The topological polar surface area (TPSA) is 162 Å². The van der Waals surface area contributed by atoms with Crippen LogP contribution in [-0.2, 0) is 23.4 Å². The van der Waals surface area contributed by atoms with Crippen molar-refractivity contribution in [3.63, 3.8) is 0 Å². The van der Waals surface area contributed by atoms with E-state index in [0.717, 1.165) is 18.2 Å². The van der Waals surface area contributed by atoms with E-state index in [-0.39, 0.29) is 40.7 Å². The molecule has 214 valence electrons. The fraction of sp³-hybridized carbons (Fsp3) is 0.0800. The molecule has 0 atom stereocenters. The predicted octanol–water partition coefficient (Wildman–Crippen LogP) is 6.48. The molecule has 3 aromatic carbocycles. The minimum atomic E-state index is -4.98. The zero-order chi connectivity index (χ0) is 29.9. The van der Waals surface area contributed by atoms with Gasteiger partial charge < -0.3 is 26.8 Å². The van der Waals surface area contributed by atoms with Crippen molar-refractivity contribution in [2.24, 2.45) is 0 Å². The number of benzene rings is 3. The van der Waals surface area contributed by atoms with Crippen LogP contribution in [0.15, 0.2) is 59.5 Å². The number of carbonyl (C=O) groups excluding carboxylic acids is 1. The largest absolute Gasteiger partial charge is 0.486 e. The molecule has 0 aliphatic carbocycles. The van der Waals surface area contributed by atoms with Crippen molar-refractivity contribution in [1.29, 1.82) is 0 Å². The van der Waals surface area contributed by atoms with Crippen molar-refractivity contribution in [3.8, 4) is 16.9 Å². The van der Waals surface area contributed by atoms with Gasteiger partial charge in [-0.3, -0.25) is 0 Å². The molecule has 0 radical (unpaired) electrons. The summed E-state index contributed by atoms with van der Waals surface area (Å²) in [6, 6.07) is 12.1. The number of nitrogens with zero attached hydrogens (tertiary/aromatic N) is 2. The Morgan fingerprint density at radius 1 is 0.902 bits per heavy atom. The first-order chi connectivity index (χ1) is 19.3. The van der Waals surface area contributed by atoms with Crippen LogP contribution in [0.25, 0.3) is 11.1 Å². The van der Waals surface area contributed by atoms with Crippen molar-refractivity contribution in [2.75, 3.05) is 16.8 Å². The number of anilines is 3. The van der Waals surface area contributed by atoms with Gasteiger partial charge in [-0.15, -0.1) is 3.89 Å². The summed E-state index contributed by atoms with van der Waals surface area (Å²) in [6.45, 7) is -0.0361. The summed E-state index contributed by atoms with van der Waals surface area (Å²) >= 11 is 24.6. The van der Waals surface area contributed by atoms with Crippen LogP contribution in [0.4, 0.5) is 26.1 Å². The van der Waals surface area contributed by atoms with E-state index in [1.807, 2.05) is 0 Å². The van der Waals surface area contributed by atoms with Crippen LogP contribution in [0.2, 0.25) is 20.1 Å². The van der Waals surface area contributed by atoms with E-state index in [1.165, 1.54) is 0 Å². The Labute approximate surface area is 253 Å². The second kappa shape index (κ2) is 12.5. The fourth-order valence-electron chi connectivity index (χ4n) is 3.64. The van der Waals surface area contributed by atoms with Gasteiger partial charge in [-0.25, -0.2) is 9.78 Å². The SMILES string of the molecule is Nc1nc(N)c(-c2ccc(Cl)c(Cl)c2)c(COc2ccc(CNC(=O)Nc3cc(S(=O)(=O)F)ccc3Cl)cc2Cl)n1. The molecule has 1 aromatic heterocycles. The molecule has 0 aliphatic heterocycles. The second-order valence-corrected chi connectivity index (χ2v) is 11.3. The van der Waals surface area contributed by atoms with E-state index in [0.29, 0.717) is 38.2 Å². The number of rotatable bonds is 8. The fourth-order valence-corrected chi connectivity index (χ4v) is 4.84. The van der Waals surface area contributed by atoms with E-state index in [4.69, 9.17) is 62.6 Å². The zero-order valence-electron chi connectivity index (χ0n) is 20.6. The highest BCUT2D eigenvalue weighted by molar-refractivity contribution is 7.86. The number of nitrogens with two attached hydrogens (primary N) is 2. The molecule has 0 bridgehead atoms. The molecule has 10 nitrogen and oxygen atoms in total. The molecule has 41 heavy (non-hydrogen) atoms. The van der Waals surface area contributed by atoms with Crippen molar-refractivity contribution in [2.45, 2.75) is 18.0 Å². The Kier molecular flexibility index (Phi) is 9.30. The Morgan fingerprint density at radius 2 is 1.63 bits per heavy atom. The normalized spacial score (nSPS) is 11.2. The standard InChI is InChI=1S/C25H19Cl4FN6O4S/c26-15-4-2-13(8-17(15)28)22-20(34-24(32)36-23(22)31)11-40-21-6-1-12(7-18(21)29)10-33-25(37)35-19-9-14(41(30,38)39)3-5-16(19)27/h1-9H,10-11H2,(H2,33,35,37)(H4,31,32,34,36). The highest BCUT2D eigenvalue weighted by Gasteiger charge is 2.17. The predicted molar refractivity (Wildman–Crippen MR) is 158 cm³/mol. The summed E-state index contributed by atoms with van der Waals surface area (Å²) in [5.41, 5.74) is 13.9. The van der Waals surface area contributed by atoms with Gasteiger partial charge in [-0.2, -0.15) is 13.4 Å². The molecule has 0 aliphatic rings.